The van der Waals surface area contributed by atoms with Gasteiger partial charge in [0.2, 0.25) is 6.69 Å². The number of hydrogen-bond acceptors (Lipinski definition) is 2. The summed E-state index contributed by atoms with van der Waals surface area (Å²) in [7, 11) is -2.25. The highest BCUT2D eigenvalue weighted by Gasteiger charge is 2.52. The number of halogens is 2. The third-order valence-corrected chi connectivity index (χ3v) is 26.5. The number of rotatable bonds is 22. The summed E-state index contributed by atoms with van der Waals surface area (Å²) in [5.41, 5.74) is 25.9. The molecule has 0 spiro atoms. The predicted molar refractivity (Wildman–Crippen MR) is 379 cm³/mol. The first-order valence-electron chi connectivity index (χ1n) is 33.3. The van der Waals surface area contributed by atoms with E-state index >= 15 is 0 Å². The summed E-state index contributed by atoms with van der Waals surface area (Å²) in [5.74, 6) is 0.946. The van der Waals surface area contributed by atoms with Crippen LogP contribution in [0.5, 0.6) is 0 Å². The molecule has 0 aliphatic heterocycles. The Morgan fingerprint density at radius 3 is 1.31 bits per heavy atom. The minimum absolute atomic E-state index is 0.00222. The van der Waals surface area contributed by atoms with Crippen LogP contribution in [0.15, 0.2) is 188 Å². The van der Waals surface area contributed by atoms with Gasteiger partial charge in [0.25, 0.3) is 0 Å². The lowest BCUT2D eigenvalue weighted by molar-refractivity contribution is -0.00508. The highest BCUT2D eigenvalue weighted by atomic mass is 35.7. The maximum atomic E-state index is 6.11. The van der Waals surface area contributed by atoms with Crippen LogP contribution < -0.4 is 0 Å². The Balaban J connectivity index is 0.000000199. The van der Waals surface area contributed by atoms with Gasteiger partial charge in [-0.25, -0.2) is 0 Å². The van der Waals surface area contributed by atoms with Gasteiger partial charge in [-0.2, -0.15) is 0 Å². The van der Waals surface area contributed by atoms with Crippen molar-refractivity contribution in [3.05, 3.63) is 249 Å². The fraction of sp³-hybridized carbons (Fsp3) is 0.407. The normalized spacial score (nSPS) is 16.3. The van der Waals surface area contributed by atoms with Crippen molar-refractivity contribution in [3.63, 3.8) is 0 Å². The van der Waals surface area contributed by atoms with E-state index in [4.69, 9.17) is 31.6 Å². The number of unbranched alkanes of at least 4 members (excludes halogenated alkanes) is 6. The number of hydrogen-bond donors (Lipinski definition) is 0. The molecule has 1 saturated carbocycles. The highest BCUT2D eigenvalue weighted by Crippen LogP contribution is 2.59. The van der Waals surface area contributed by atoms with E-state index in [0.717, 1.165) is 63.7 Å². The minimum Gasteiger partial charge on any atom is -0.376 e. The standard InChI is InChI=1S/C51H54OSi.C19H20.C11H24Cl2OSi/c1-51(2,3)52-31-17-5-6-18-32-53(4,49-45-25-15-13-23-41(45)43-29-27-39(35-47(43)49)33-37-19-9-7-10-20-37)50-46-26-16-14-24-42(46)44-30-28-40(36-48(44)50)34-38-21-11-8-12-22-38;1-2-6-14(5-1)11-15-9-10-19-17(12-15)13-16-7-3-4-8-18(16)19;1-11(2,3)14-9-7-5-6-8-10-15(4,12)13/h7-16,19-30,35-36,49-50H,5-6,17-18,31-34H2,1-4H3;3-4,7-10,12,14H,1-2,5-6,11,13H2;5-10H2,1-4H3. The van der Waals surface area contributed by atoms with E-state index in [9.17, 15) is 0 Å². The summed E-state index contributed by atoms with van der Waals surface area (Å²) in [6.07, 6.45) is 19.7. The topological polar surface area (TPSA) is 18.5 Å². The summed E-state index contributed by atoms with van der Waals surface area (Å²) in [5, 5.41) is 0. The quantitative estimate of drug-likeness (QED) is 0.0382. The molecule has 87 heavy (non-hydrogen) atoms. The van der Waals surface area contributed by atoms with Crippen LogP contribution in [-0.4, -0.2) is 39.2 Å². The van der Waals surface area contributed by atoms with Crippen molar-refractivity contribution in [2.75, 3.05) is 13.2 Å². The molecule has 0 heterocycles. The van der Waals surface area contributed by atoms with E-state index in [1.165, 1.54) is 137 Å². The minimum atomic E-state index is -2.25. The van der Waals surface area contributed by atoms with Gasteiger partial charge in [-0.15, -0.1) is 22.2 Å². The van der Waals surface area contributed by atoms with Crippen LogP contribution in [0.25, 0.3) is 33.4 Å². The third kappa shape index (κ3) is 17.4. The fourth-order valence-electron chi connectivity index (χ4n) is 14.8. The van der Waals surface area contributed by atoms with Gasteiger partial charge >= 0.3 is 0 Å². The molecule has 0 radical (unpaired) electrons. The van der Waals surface area contributed by atoms with E-state index in [2.05, 4.69) is 236 Å². The fourth-order valence-corrected chi connectivity index (χ4v) is 22.2. The van der Waals surface area contributed by atoms with E-state index in [-0.39, 0.29) is 11.2 Å². The maximum absolute atomic E-state index is 6.11. The van der Waals surface area contributed by atoms with Crippen LogP contribution in [0.1, 0.15) is 191 Å². The van der Waals surface area contributed by atoms with Gasteiger partial charge in [0.1, 0.15) is 0 Å². The predicted octanol–water partition coefficient (Wildman–Crippen LogP) is 23.2. The third-order valence-electron chi connectivity index (χ3n) is 18.8. The van der Waals surface area contributed by atoms with E-state index < -0.39 is 14.8 Å². The lowest BCUT2D eigenvalue weighted by Crippen LogP contribution is -2.45. The summed E-state index contributed by atoms with van der Waals surface area (Å²) in [6, 6.07) is 74.0. The number of benzene rings is 8. The molecule has 6 heteroatoms. The molecule has 4 aliphatic carbocycles. The molecule has 0 saturated heterocycles. The van der Waals surface area contributed by atoms with Crippen molar-refractivity contribution in [2.45, 2.75) is 192 Å². The van der Waals surface area contributed by atoms with Crippen molar-refractivity contribution < 1.29 is 9.47 Å². The molecular weight excluding hydrogens is 1130 g/mol. The smallest absolute Gasteiger partial charge is 0.248 e. The van der Waals surface area contributed by atoms with Crippen molar-refractivity contribution in [3.8, 4) is 33.4 Å². The molecule has 0 bridgehead atoms. The first-order chi connectivity index (χ1) is 41.9. The van der Waals surface area contributed by atoms with Crippen molar-refractivity contribution in [1.29, 1.82) is 0 Å². The van der Waals surface area contributed by atoms with Gasteiger partial charge in [-0.3, -0.25) is 0 Å². The van der Waals surface area contributed by atoms with E-state index in [1.54, 1.807) is 27.8 Å². The molecular formula is C81H98Cl2O2Si2. The SMILES string of the molecule is CC(C)(C)OCCCCCC[Si](C)(C1c2ccccc2-c2ccc(Cc3ccccc3)cc21)C1c2ccccc2-c2ccc(Cc3ccccc3)cc21.CC(C)(C)OCCCCCC[Si](C)(Cl)Cl.c1ccc2c(c1)Cc1cc(CC3CCCC3)ccc1-2. The van der Waals surface area contributed by atoms with E-state index in [1.807, 2.05) is 6.55 Å². The largest absolute Gasteiger partial charge is 0.376 e. The van der Waals surface area contributed by atoms with Gasteiger partial charge in [-0.05, 0) is 193 Å². The van der Waals surface area contributed by atoms with Gasteiger partial charge in [-0.1, -0.05) is 265 Å². The zero-order chi connectivity index (χ0) is 61.0. The monoisotopic (exact) mass is 1230 g/mol. The van der Waals surface area contributed by atoms with Crippen molar-refractivity contribution in [2.24, 2.45) is 5.92 Å². The zero-order valence-electron chi connectivity index (χ0n) is 53.8. The van der Waals surface area contributed by atoms with Gasteiger partial charge in [0.05, 0.1) is 19.3 Å². The van der Waals surface area contributed by atoms with Gasteiger partial charge < -0.3 is 9.47 Å². The Hall–Kier alpha value is -5.31. The second-order valence-electron chi connectivity index (χ2n) is 28.2. The lowest BCUT2D eigenvalue weighted by atomic mass is 9.95. The van der Waals surface area contributed by atoms with Gasteiger partial charge in [0.15, 0.2) is 0 Å². The second-order valence-corrected chi connectivity index (χ2v) is 41.1. The molecule has 12 rings (SSSR count). The molecule has 2 atom stereocenters. The summed E-state index contributed by atoms with van der Waals surface area (Å²) >= 11 is 12.0. The van der Waals surface area contributed by atoms with Crippen LogP contribution in [0, 0.1) is 5.92 Å². The zero-order valence-corrected chi connectivity index (χ0v) is 57.4. The summed E-state index contributed by atoms with van der Waals surface area (Å²) in [6.45, 7) is 17.4. The molecule has 0 aromatic heterocycles. The molecule has 2 unspecified atom stereocenters. The van der Waals surface area contributed by atoms with Crippen molar-refractivity contribution >= 4 is 36.9 Å². The first-order valence-corrected chi connectivity index (χ1v) is 40.9. The molecule has 1 fully saturated rings. The summed E-state index contributed by atoms with van der Waals surface area (Å²) < 4.78 is 11.7. The Kier molecular flexibility index (Phi) is 22.0. The van der Waals surface area contributed by atoms with E-state index in [0.29, 0.717) is 11.1 Å². The number of ether oxygens (including phenoxy) is 2. The van der Waals surface area contributed by atoms with Crippen LogP contribution in [-0.2, 0) is 35.2 Å². The Labute approximate surface area is 536 Å². The average Bonchev–Trinajstić information content (AvgIpc) is 1.58. The van der Waals surface area contributed by atoms with Crippen LogP contribution >= 0.6 is 22.2 Å². The molecule has 456 valence electrons. The second kappa shape index (κ2) is 29.6. The lowest BCUT2D eigenvalue weighted by Gasteiger charge is -2.42. The highest BCUT2D eigenvalue weighted by molar-refractivity contribution is 7.44. The molecule has 8 aromatic carbocycles. The van der Waals surface area contributed by atoms with Gasteiger partial charge in [0, 0.05) is 24.3 Å². The average molecular weight is 1230 g/mol. The van der Waals surface area contributed by atoms with Crippen molar-refractivity contribution in [1.82, 2.24) is 0 Å². The molecule has 4 aliphatic rings. The first kappa shape index (κ1) is 64.7. The number of fused-ring (bicyclic) bond motifs is 9. The maximum Gasteiger partial charge on any atom is 0.248 e. The van der Waals surface area contributed by atoms with Crippen LogP contribution in [0.2, 0.25) is 25.2 Å². The van der Waals surface area contributed by atoms with Crippen LogP contribution in [0.3, 0.4) is 0 Å². The molecule has 8 aromatic rings. The van der Waals surface area contributed by atoms with Crippen LogP contribution in [0.4, 0.5) is 0 Å². The molecule has 0 amide bonds. The summed E-state index contributed by atoms with van der Waals surface area (Å²) in [4.78, 5) is 0. The molecule has 2 nitrogen and oxygen atoms in total. The Morgan fingerprint density at radius 1 is 0.391 bits per heavy atom. The molecule has 0 N–H and O–H groups in total. The Morgan fingerprint density at radius 2 is 0.805 bits per heavy atom. The Bertz CT molecular complexity index is 3330.